The van der Waals surface area contributed by atoms with E-state index in [0.717, 1.165) is 39.7 Å². The van der Waals surface area contributed by atoms with Crippen LogP contribution in [-0.4, -0.2) is 41.8 Å². The topological polar surface area (TPSA) is 75.6 Å². The number of ether oxygens (including phenoxy) is 1. The van der Waals surface area contributed by atoms with Crippen molar-refractivity contribution in [1.82, 2.24) is 15.2 Å². The zero-order valence-electron chi connectivity index (χ0n) is 19.6. The van der Waals surface area contributed by atoms with Gasteiger partial charge in [0.15, 0.2) is 5.11 Å². The molecule has 0 aliphatic carbocycles. The Kier molecular flexibility index (Phi) is 7.09. The first-order valence-electron chi connectivity index (χ1n) is 11.2. The predicted molar refractivity (Wildman–Crippen MR) is 139 cm³/mol. The number of hydrogen-bond donors (Lipinski definition) is 2. The van der Waals surface area contributed by atoms with Crippen LogP contribution < -0.4 is 15.5 Å². The highest BCUT2D eigenvalue weighted by Gasteiger charge is 2.32. The number of methoxy groups -OCH3 is 1. The first-order valence-corrected chi connectivity index (χ1v) is 11.6. The third-order valence-electron chi connectivity index (χ3n) is 5.91. The van der Waals surface area contributed by atoms with E-state index in [1.54, 1.807) is 13.2 Å². The number of thiocarbonyl (C=S) groups is 1. The molecule has 34 heavy (non-hydrogen) atoms. The Labute approximate surface area is 204 Å². The number of aromatic nitrogens is 1. The second-order valence-corrected chi connectivity index (χ2v) is 8.71. The number of rotatable bonds is 8. The van der Waals surface area contributed by atoms with Gasteiger partial charge in [-0.1, -0.05) is 24.3 Å². The monoisotopic (exact) mass is 476 g/mol. The number of anilines is 1. The Morgan fingerprint density at radius 3 is 2.74 bits per heavy atom. The Balaban J connectivity index is 1.60. The van der Waals surface area contributed by atoms with Gasteiger partial charge in [0.2, 0.25) is 5.91 Å². The number of fused-ring (bicyclic) bond motifs is 1. The van der Waals surface area contributed by atoms with E-state index in [1.807, 2.05) is 67.1 Å². The first-order chi connectivity index (χ1) is 16.4. The summed E-state index contributed by atoms with van der Waals surface area (Å²) in [5.74, 6) is -0.283. The summed E-state index contributed by atoms with van der Waals surface area (Å²) in [7, 11) is 1.64. The third kappa shape index (κ3) is 4.88. The van der Waals surface area contributed by atoms with Gasteiger partial charge in [-0.3, -0.25) is 14.5 Å². The highest BCUT2D eigenvalue weighted by molar-refractivity contribution is 7.80. The average Bonchev–Trinajstić information content (AvgIpc) is 3.30. The van der Waals surface area contributed by atoms with Crippen LogP contribution in [0.3, 0.4) is 0 Å². The van der Waals surface area contributed by atoms with E-state index in [-0.39, 0.29) is 18.4 Å². The van der Waals surface area contributed by atoms with Crippen molar-refractivity contribution in [3.8, 4) is 0 Å². The minimum Gasteiger partial charge on any atom is -0.385 e. The molecule has 8 heteroatoms. The fraction of sp³-hybridized carbons (Fsp3) is 0.269. The molecule has 2 amide bonds. The van der Waals surface area contributed by atoms with Crippen molar-refractivity contribution in [3.05, 3.63) is 71.0 Å². The Bertz CT molecular complexity index is 1290. The molecule has 4 rings (SSSR count). The van der Waals surface area contributed by atoms with E-state index in [1.165, 1.54) is 4.90 Å². The van der Waals surface area contributed by atoms with Crippen LogP contribution in [0.15, 0.2) is 54.4 Å². The van der Waals surface area contributed by atoms with E-state index in [9.17, 15) is 9.59 Å². The molecular weight excluding hydrogens is 448 g/mol. The molecule has 0 spiro atoms. The molecule has 2 aromatic carbocycles. The maximum absolute atomic E-state index is 13.2. The highest BCUT2D eigenvalue weighted by Crippen LogP contribution is 2.27. The van der Waals surface area contributed by atoms with E-state index in [0.29, 0.717) is 24.0 Å². The van der Waals surface area contributed by atoms with Crippen LogP contribution >= 0.6 is 12.2 Å². The van der Waals surface area contributed by atoms with Crippen molar-refractivity contribution < 1.29 is 14.3 Å². The molecule has 0 saturated carbocycles. The summed E-state index contributed by atoms with van der Waals surface area (Å²) in [6, 6.07) is 13.7. The van der Waals surface area contributed by atoms with Crippen molar-refractivity contribution in [1.29, 1.82) is 0 Å². The van der Waals surface area contributed by atoms with Crippen LogP contribution in [0.25, 0.3) is 17.0 Å². The lowest BCUT2D eigenvalue weighted by molar-refractivity contribution is -0.121. The number of para-hydroxylation sites is 1. The molecule has 1 aromatic heterocycles. The maximum atomic E-state index is 13.2. The molecule has 0 atom stereocenters. The zero-order chi connectivity index (χ0) is 24.2. The number of amides is 2. The van der Waals surface area contributed by atoms with Gasteiger partial charge in [-0.05, 0) is 67.9 Å². The Morgan fingerprint density at radius 2 is 1.97 bits per heavy atom. The number of hydrogen-bond acceptors (Lipinski definition) is 4. The lowest BCUT2D eigenvalue weighted by atomic mass is 10.1. The molecule has 7 nitrogen and oxygen atoms in total. The second kappa shape index (κ2) is 10.2. The maximum Gasteiger partial charge on any atom is 0.281 e. The van der Waals surface area contributed by atoms with Crippen LogP contribution in [0.5, 0.6) is 0 Å². The number of benzene rings is 2. The van der Waals surface area contributed by atoms with Gasteiger partial charge in [-0.2, -0.15) is 0 Å². The van der Waals surface area contributed by atoms with Crippen LogP contribution in [0, 0.1) is 13.8 Å². The summed E-state index contributed by atoms with van der Waals surface area (Å²) in [5.41, 5.74) is 5.13. The number of aryl methyl sites for hydroxylation is 2. The smallest absolute Gasteiger partial charge is 0.281 e. The van der Waals surface area contributed by atoms with Crippen LogP contribution in [0.1, 0.15) is 23.1 Å². The average molecular weight is 477 g/mol. The quantitative estimate of drug-likeness (QED) is 0.295. The standard InChI is InChI=1S/C26H28N4O3S/c1-17-9-10-20(13-18(17)2)30-25(32)22(28-26(30)34)14-19-15-29(23-8-5-4-7-21(19)23)16-24(31)27-11-6-12-33-3/h4-5,7-10,13-15H,6,11-12,16H2,1-3H3,(H,27,31)(H,28,34)/b22-14-. The van der Waals surface area contributed by atoms with Gasteiger partial charge < -0.3 is 19.9 Å². The SMILES string of the molecule is COCCCNC(=O)Cn1cc(/C=C2\NC(=S)N(c3ccc(C)c(C)c3)C2=O)c2ccccc21. The van der Waals surface area contributed by atoms with Gasteiger partial charge in [-0.15, -0.1) is 0 Å². The molecule has 176 valence electrons. The minimum absolute atomic E-state index is 0.0757. The van der Waals surface area contributed by atoms with Crippen molar-refractivity contribution in [2.45, 2.75) is 26.8 Å². The summed E-state index contributed by atoms with van der Waals surface area (Å²) >= 11 is 5.47. The van der Waals surface area contributed by atoms with Crippen molar-refractivity contribution >= 4 is 51.8 Å². The third-order valence-corrected chi connectivity index (χ3v) is 6.19. The minimum atomic E-state index is -0.207. The zero-order valence-corrected chi connectivity index (χ0v) is 20.4. The number of carbonyl (C=O) groups is 2. The molecule has 0 bridgehead atoms. The van der Waals surface area contributed by atoms with Gasteiger partial charge >= 0.3 is 0 Å². The summed E-state index contributed by atoms with van der Waals surface area (Å²) in [6.07, 6.45) is 4.45. The van der Waals surface area contributed by atoms with Crippen LogP contribution in [0.2, 0.25) is 0 Å². The molecule has 3 aromatic rings. The summed E-state index contributed by atoms with van der Waals surface area (Å²) in [6.45, 7) is 5.39. The molecule has 1 aliphatic rings. The molecule has 0 unspecified atom stereocenters. The first kappa shape index (κ1) is 23.7. The number of nitrogens with zero attached hydrogens (tertiary/aromatic N) is 2. The summed E-state index contributed by atoms with van der Waals surface area (Å²) in [4.78, 5) is 27.2. The predicted octanol–water partition coefficient (Wildman–Crippen LogP) is 3.67. The largest absolute Gasteiger partial charge is 0.385 e. The normalized spacial score (nSPS) is 14.8. The van der Waals surface area contributed by atoms with E-state index < -0.39 is 0 Å². The molecule has 0 radical (unpaired) electrons. The fourth-order valence-corrected chi connectivity index (χ4v) is 4.26. The molecule has 1 saturated heterocycles. The Hall–Kier alpha value is -3.49. The van der Waals surface area contributed by atoms with Crippen molar-refractivity contribution in [2.75, 3.05) is 25.2 Å². The van der Waals surface area contributed by atoms with Gasteiger partial charge in [-0.25, -0.2) is 0 Å². The lowest BCUT2D eigenvalue weighted by Crippen LogP contribution is -2.30. The molecular formula is C26H28N4O3S. The Morgan fingerprint density at radius 1 is 1.18 bits per heavy atom. The van der Waals surface area contributed by atoms with E-state index in [2.05, 4.69) is 10.6 Å². The number of carbonyl (C=O) groups excluding carboxylic acids is 2. The van der Waals surface area contributed by atoms with Crippen molar-refractivity contribution in [2.24, 2.45) is 0 Å². The van der Waals surface area contributed by atoms with Gasteiger partial charge in [0.1, 0.15) is 12.2 Å². The molecule has 1 aliphatic heterocycles. The number of nitrogens with one attached hydrogen (secondary N) is 2. The van der Waals surface area contributed by atoms with E-state index >= 15 is 0 Å². The summed E-state index contributed by atoms with van der Waals surface area (Å²) < 4.78 is 6.92. The van der Waals surface area contributed by atoms with Gasteiger partial charge in [0, 0.05) is 42.9 Å². The van der Waals surface area contributed by atoms with Crippen LogP contribution in [-0.2, 0) is 20.9 Å². The van der Waals surface area contributed by atoms with Crippen LogP contribution in [0.4, 0.5) is 5.69 Å². The molecule has 2 N–H and O–H groups in total. The fourth-order valence-electron chi connectivity index (χ4n) is 3.97. The molecule has 1 fully saturated rings. The van der Waals surface area contributed by atoms with Gasteiger partial charge in [0.05, 0.1) is 5.69 Å². The lowest BCUT2D eigenvalue weighted by Gasteiger charge is -2.15. The highest BCUT2D eigenvalue weighted by atomic mass is 32.1. The van der Waals surface area contributed by atoms with Gasteiger partial charge in [0.25, 0.3) is 5.91 Å². The summed E-state index contributed by atoms with van der Waals surface area (Å²) in [5, 5.41) is 7.27. The van der Waals surface area contributed by atoms with E-state index in [4.69, 9.17) is 17.0 Å². The second-order valence-electron chi connectivity index (χ2n) is 8.32. The van der Waals surface area contributed by atoms with Crippen molar-refractivity contribution in [3.63, 3.8) is 0 Å². The molecule has 2 heterocycles.